The molecule has 5 aromatic rings. The maximum Gasteiger partial charge on any atom is 0.218 e. The highest BCUT2D eigenvalue weighted by molar-refractivity contribution is 6.00. The number of rotatable bonds is 5. The number of hydrogen-bond acceptors (Lipinski definition) is 7. The van der Waals surface area contributed by atoms with E-state index in [0.717, 1.165) is 27.9 Å². The molecule has 0 amide bonds. The highest BCUT2D eigenvalue weighted by Gasteiger charge is 2.19. The molecule has 0 saturated heterocycles. The van der Waals surface area contributed by atoms with E-state index >= 15 is 0 Å². The standard InChI is InChI=1S/C23H23N11/c1-14-16(18-6-9-33(3)30-18)13-34-20(14)21(29-22(31-34)23-27-8-10-32(23)2)28-19(25)11-17(24)15-5-4-7-26-12-15/h4-13H,24H2,1-3H3,(H2,25,28,29,31)/b17-11-. The van der Waals surface area contributed by atoms with Crippen molar-refractivity contribution in [3.63, 3.8) is 0 Å². The zero-order valence-electron chi connectivity index (χ0n) is 19.0. The second-order valence-electron chi connectivity index (χ2n) is 7.83. The Kier molecular flexibility index (Phi) is 5.13. The van der Waals surface area contributed by atoms with Gasteiger partial charge < -0.3 is 16.0 Å². The van der Waals surface area contributed by atoms with Crippen molar-refractivity contribution in [3.8, 4) is 22.9 Å². The number of fused-ring (bicyclic) bond motifs is 1. The summed E-state index contributed by atoms with van der Waals surface area (Å²) in [6.07, 6.45) is 12.3. The first-order chi connectivity index (χ1) is 16.4. The second-order valence-corrected chi connectivity index (χ2v) is 7.83. The van der Waals surface area contributed by atoms with Crippen LogP contribution in [0.5, 0.6) is 0 Å². The van der Waals surface area contributed by atoms with Gasteiger partial charge in [0.1, 0.15) is 11.4 Å². The number of aromatic nitrogens is 8. The molecule has 0 radical (unpaired) electrons. The molecule has 5 rings (SSSR count). The maximum atomic E-state index is 6.27. The summed E-state index contributed by atoms with van der Waals surface area (Å²) in [4.78, 5) is 17.8. The quantitative estimate of drug-likeness (QED) is 0.307. The summed E-state index contributed by atoms with van der Waals surface area (Å²) in [5.41, 5.74) is 17.1. The van der Waals surface area contributed by atoms with Gasteiger partial charge in [0.25, 0.3) is 0 Å². The summed E-state index contributed by atoms with van der Waals surface area (Å²) in [5.74, 6) is 1.62. The molecule has 11 nitrogen and oxygen atoms in total. The highest BCUT2D eigenvalue weighted by atomic mass is 15.3. The average Bonchev–Trinajstić information content (AvgIpc) is 3.53. The van der Waals surface area contributed by atoms with E-state index < -0.39 is 0 Å². The Hall–Kier alpha value is -4.80. The average molecular weight is 454 g/mol. The van der Waals surface area contributed by atoms with Crippen LogP contribution >= 0.6 is 0 Å². The van der Waals surface area contributed by atoms with Gasteiger partial charge in [0.05, 0.1) is 5.69 Å². The summed E-state index contributed by atoms with van der Waals surface area (Å²) in [6.45, 7) is 1.98. The third-order valence-corrected chi connectivity index (χ3v) is 5.41. The van der Waals surface area contributed by atoms with Gasteiger partial charge in [-0.1, -0.05) is 0 Å². The zero-order valence-corrected chi connectivity index (χ0v) is 19.0. The summed E-state index contributed by atoms with van der Waals surface area (Å²) >= 11 is 0. The van der Waals surface area contributed by atoms with Crippen molar-refractivity contribution >= 4 is 22.9 Å². The van der Waals surface area contributed by atoms with Crippen LogP contribution in [0, 0.1) is 6.92 Å². The molecule has 4 N–H and O–H groups in total. The van der Waals surface area contributed by atoms with E-state index in [-0.39, 0.29) is 5.84 Å². The minimum atomic E-state index is 0.202. The van der Waals surface area contributed by atoms with E-state index in [1.165, 1.54) is 0 Å². The number of aliphatic imine (C=N–C) groups is 1. The Morgan fingerprint density at radius 2 is 1.94 bits per heavy atom. The molecule has 0 fully saturated rings. The molecule has 5 aromatic heterocycles. The Morgan fingerprint density at radius 1 is 1.09 bits per heavy atom. The molecule has 0 bridgehead atoms. The van der Waals surface area contributed by atoms with Crippen molar-refractivity contribution in [1.82, 2.24) is 38.9 Å². The first-order valence-corrected chi connectivity index (χ1v) is 10.5. The van der Waals surface area contributed by atoms with E-state index in [1.54, 1.807) is 39.9 Å². The lowest BCUT2D eigenvalue weighted by atomic mass is 10.1. The molecule has 0 spiro atoms. The summed E-state index contributed by atoms with van der Waals surface area (Å²) in [6, 6.07) is 5.60. The molecular formula is C23H23N11. The third kappa shape index (κ3) is 3.79. The van der Waals surface area contributed by atoms with Crippen molar-refractivity contribution < 1.29 is 0 Å². The van der Waals surface area contributed by atoms with Gasteiger partial charge in [0.2, 0.25) is 5.82 Å². The van der Waals surface area contributed by atoms with Gasteiger partial charge in [-0.05, 0) is 30.7 Å². The number of nitrogens with zero attached hydrogens (tertiary/aromatic N) is 9. The van der Waals surface area contributed by atoms with Gasteiger partial charge in [-0.3, -0.25) is 9.67 Å². The summed E-state index contributed by atoms with van der Waals surface area (Å²) in [7, 11) is 3.76. The predicted molar refractivity (Wildman–Crippen MR) is 130 cm³/mol. The normalized spacial score (nSPS) is 12.6. The molecule has 0 unspecified atom stereocenters. The Balaban J connectivity index is 1.69. The number of nitrogens with two attached hydrogens (primary N) is 2. The molecule has 0 aliphatic carbocycles. The maximum absolute atomic E-state index is 6.27. The van der Waals surface area contributed by atoms with Crippen molar-refractivity contribution in [2.24, 2.45) is 30.6 Å². The van der Waals surface area contributed by atoms with Crippen LogP contribution in [0.3, 0.4) is 0 Å². The molecule has 0 aliphatic rings. The molecule has 170 valence electrons. The molecule has 0 saturated carbocycles. The fourth-order valence-electron chi connectivity index (χ4n) is 3.71. The highest BCUT2D eigenvalue weighted by Crippen LogP contribution is 2.32. The molecular weight excluding hydrogens is 430 g/mol. The minimum Gasteiger partial charge on any atom is -0.398 e. The van der Waals surface area contributed by atoms with E-state index in [4.69, 9.17) is 21.5 Å². The fraction of sp³-hybridized carbons (Fsp3) is 0.130. The minimum absolute atomic E-state index is 0.202. The van der Waals surface area contributed by atoms with E-state index in [2.05, 4.69) is 20.1 Å². The van der Waals surface area contributed by atoms with Crippen LogP contribution in [0.2, 0.25) is 0 Å². The van der Waals surface area contributed by atoms with Gasteiger partial charge in [-0.2, -0.15) is 5.10 Å². The molecule has 0 atom stereocenters. The van der Waals surface area contributed by atoms with Gasteiger partial charge in [0.15, 0.2) is 11.6 Å². The SMILES string of the molecule is Cc1c(-c2ccn(C)n2)cn2nc(-c3nccn3C)nc(N=C(N)/C=C(\N)c3cccnc3)c12. The first-order valence-electron chi connectivity index (χ1n) is 10.5. The van der Waals surface area contributed by atoms with Gasteiger partial charge in [-0.25, -0.2) is 19.5 Å². The summed E-state index contributed by atoms with van der Waals surface area (Å²) < 4.78 is 5.34. The van der Waals surface area contributed by atoms with Crippen molar-refractivity contribution in [1.29, 1.82) is 0 Å². The molecule has 11 heteroatoms. The van der Waals surface area contributed by atoms with Crippen LogP contribution in [0.25, 0.3) is 34.1 Å². The molecule has 0 aliphatic heterocycles. The monoisotopic (exact) mass is 453 g/mol. The van der Waals surface area contributed by atoms with E-state index in [1.807, 2.05) is 56.3 Å². The Labute approximate surface area is 195 Å². The number of amidine groups is 1. The number of aryl methyl sites for hydroxylation is 3. The van der Waals surface area contributed by atoms with Crippen LogP contribution in [0.15, 0.2) is 66.4 Å². The van der Waals surface area contributed by atoms with Gasteiger partial charge in [0, 0.05) is 74.2 Å². The van der Waals surface area contributed by atoms with Gasteiger partial charge in [-0.15, -0.1) is 5.10 Å². The van der Waals surface area contributed by atoms with Crippen LogP contribution in [0.4, 0.5) is 5.82 Å². The molecule has 34 heavy (non-hydrogen) atoms. The fourth-order valence-corrected chi connectivity index (χ4v) is 3.71. The number of pyridine rings is 1. The number of imidazole rings is 1. The Bertz CT molecular complexity index is 1550. The topological polar surface area (TPSA) is 143 Å². The lowest BCUT2D eigenvalue weighted by molar-refractivity contribution is 0.770. The van der Waals surface area contributed by atoms with Crippen LogP contribution in [-0.2, 0) is 14.1 Å². The molecule has 5 heterocycles. The molecule has 0 aromatic carbocycles. The van der Waals surface area contributed by atoms with Gasteiger partial charge >= 0.3 is 0 Å². The van der Waals surface area contributed by atoms with Crippen LogP contribution in [-0.4, -0.2) is 44.7 Å². The number of hydrogen-bond donors (Lipinski definition) is 2. The zero-order chi connectivity index (χ0) is 23.8. The van der Waals surface area contributed by atoms with Crippen molar-refractivity contribution in [2.45, 2.75) is 6.92 Å². The van der Waals surface area contributed by atoms with Crippen LogP contribution in [0.1, 0.15) is 11.1 Å². The van der Waals surface area contributed by atoms with E-state index in [9.17, 15) is 0 Å². The largest absolute Gasteiger partial charge is 0.398 e. The predicted octanol–water partition coefficient (Wildman–Crippen LogP) is 2.22. The smallest absolute Gasteiger partial charge is 0.218 e. The van der Waals surface area contributed by atoms with Crippen molar-refractivity contribution in [2.75, 3.05) is 0 Å². The first kappa shape index (κ1) is 21.1. The second kappa shape index (κ2) is 8.28. The van der Waals surface area contributed by atoms with E-state index in [0.29, 0.717) is 23.2 Å². The Morgan fingerprint density at radius 3 is 2.62 bits per heavy atom. The van der Waals surface area contributed by atoms with Crippen molar-refractivity contribution in [3.05, 3.63) is 72.6 Å². The third-order valence-electron chi connectivity index (χ3n) is 5.41. The lowest BCUT2D eigenvalue weighted by Gasteiger charge is -2.06. The van der Waals surface area contributed by atoms with Crippen LogP contribution < -0.4 is 11.5 Å². The summed E-state index contributed by atoms with van der Waals surface area (Å²) in [5, 5.41) is 9.23. The lowest BCUT2D eigenvalue weighted by Crippen LogP contribution is -2.11.